The van der Waals surface area contributed by atoms with Crippen molar-refractivity contribution in [1.82, 2.24) is 4.90 Å². The topological polar surface area (TPSA) is 50.8 Å². The average molecular weight is 327 g/mol. The third kappa shape index (κ3) is 4.95. The zero-order chi connectivity index (χ0) is 15.9. The lowest BCUT2D eigenvalue weighted by Crippen LogP contribution is -2.35. The number of amides is 1. The van der Waals surface area contributed by atoms with Crippen LogP contribution < -0.4 is 5.32 Å². The lowest BCUT2D eigenvalue weighted by atomic mass is 10.1. The lowest BCUT2D eigenvalue weighted by Gasteiger charge is -2.27. The van der Waals surface area contributed by atoms with Gasteiger partial charge in [0.2, 0.25) is 5.91 Å². The maximum Gasteiger partial charge on any atom is 0.229 e. The molecule has 6 heteroatoms. The van der Waals surface area contributed by atoms with Crippen molar-refractivity contribution >= 4 is 23.2 Å². The molecule has 1 aromatic carbocycles. The second-order valence-electron chi connectivity index (χ2n) is 5.54. The van der Waals surface area contributed by atoms with Crippen LogP contribution >= 0.6 is 11.6 Å². The van der Waals surface area contributed by atoms with E-state index in [1.165, 1.54) is 0 Å². The first kappa shape index (κ1) is 17.2. The zero-order valence-corrected chi connectivity index (χ0v) is 13.9. The predicted octanol–water partition coefficient (Wildman–Crippen LogP) is 2.39. The van der Waals surface area contributed by atoms with Crippen molar-refractivity contribution in [3.05, 3.63) is 28.8 Å². The number of hydrogen-bond acceptors (Lipinski definition) is 4. The van der Waals surface area contributed by atoms with E-state index < -0.39 is 0 Å². The summed E-state index contributed by atoms with van der Waals surface area (Å²) in [5.74, 6) is -0.268. The molecule has 1 fully saturated rings. The molecular weight excluding hydrogens is 304 g/mol. The number of benzene rings is 1. The van der Waals surface area contributed by atoms with E-state index in [4.69, 9.17) is 21.1 Å². The van der Waals surface area contributed by atoms with Crippen LogP contribution in [0.5, 0.6) is 0 Å². The molecule has 1 saturated heterocycles. The second-order valence-corrected chi connectivity index (χ2v) is 5.95. The Bertz CT molecular complexity index is 504. The highest BCUT2D eigenvalue weighted by Gasteiger charge is 2.15. The summed E-state index contributed by atoms with van der Waals surface area (Å²) in [6.07, 6.45) is 0. The number of morpholine rings is 1. The Hall–Kier alpha value is -1.14. The van der Waals surface area contributed by atoms with Gasteiger partial charge in [-0.1, -0.05) is 24.6 Å². The van der Waals surface area contributed by atoms with Gasteiger partial charge in [0.25, 0.3) is 0 Å². The summed E-state index contributed by atoms with van der Waals surface area (Å²) in [5.41, 5.74) is 1.77. The number of nitrogens with one attached hydrogen (secondary N) is 1. The predicted molar refractivity (Wildman–Crippen MR) is 87.2 cm³/mol. The molecule has 0 bridgehead atoms. The molecule has 0 saturated carbocycles. The first-order valence-electron chi connectivity index (χ1n) is 7.48. The van der Waals surface area contributed by atoms with Gasteiger partial charge in [-0.25, -0.2) is 0 Å². The van der Waals surface area contributed by atoms with Gasteiger partial charge in [-0.05, 0) is 17.7 Å². The molecular formula is C16H23ClN2O3. The fourth-order valence-corrected chi connectivity index (χ4v) is 2.58. The van der Waals surface area contributed by atoms with Crippen LogP contribution in [-0.4, -0.2) is 50.8 Å². The van der Waals surface area contributed by atoms with Crippen LogP contribution in [0, 0.1) is 5.92 Å². The molecule has 2 rings (SSSR count). The van der Waals surface area contributed by atoms with Crippen LogP contribution in [0.15, 0.2) is 18.2 Å². The van der Waals surface area contributed by atoms with Crippen LogP contribution in [0.25, 0.3) is 0 Å². The zero-order valence-electron chi connectivity index (χ0n) is 13.1. The van der Waals surface area contributed by atoms with E-state index in [-0.39, 0.29) is 11.8 Å². The van der Waals surface area contributed by atoms with Gasteiger partial charge in [-0.2, -0.15) is 0 Å². The van der Waals surface area contributed by atoms with Crippen molar-refractivity contribution in [3.8, 4) is 0 Å². The molecule has 122 valence electrons. The Morgan fingerprint density at radius 2 is 2.18 bits per heavy atom. The Balaban J connectivity index is 1.95. The first-order chi connectivity index (χ1) is 10.6. The molecule has 5 nitrogen and oxygen atoms in total. The van der Waals surface area contributed by atoms with Gasteiger partial charge in [-0.15, -0.1) is 0 Å². The number of methoxy groups -OCH3 is 1. The van der Waals surface area contributed by atoms with Crippen molar-refractivity contribution in [2.45, 2.75) is 13.5 Å². The molecule has 0 spiro atoms. The molecule has 1 aliphatic heterocycles. The maximum atomic E-state index is 12.0. The van der Waals surface area contributed by atoms with Gasteiger partial charge in [0, 0.05) is 37.5 Å². The largest absolute Gasteiger partial charge is 0.384 e. The van der Waals surface area contributed by atoms with E-state index in [0.717, 1.165) is 38.4 Å². The number of rotatable bonds is 6. The number of carbonyl (C=O) groups is 1. The van der Waals surface area contributed by atoms with Crippen molar-refractivity contribution < 1.29 is 14.3 Å². The van der Waals surface area contributed by atoms with Gasteiger partial charge in [0.05, 0.1) is 25.7 Å². The second kappa shape index (κ2) is 8.48. The molecule has 22 heavy (non-hydrogen) atoms. The van der Waals surface area contributed by atoms with Crippen molar-refractivity contribution in [1.29, 1.82) is 0 Å². The van der Waals surface area contributed by atoms with Crippen LogP contribution in [0.3, 0.4) is 0 Å². The van der Waals surface area contributed by atoms with E-state index in [2.05, 4.69) is 10.2 Å². The van der Waals surface area contributed by atoms with Gasteiger partial charge in [0.15, 0.2) is 0 Å². The third-order valence-electron chi connectivity index (χ3n) is 3.68. The Morgan fingerprint density at radius 3 is 2.82 bits per heavy atom. The van der Waals surface area contributed by atoms with Crippen molar-refractivity contribution in [2.75, 3.05) is 45.3 Å². The van der Waals surface area contributed by atoms with Crippen LogP contribution in [0.1, 0.15) is 12.5 Å². The summed E-state index contributed by atoms with van der Waals surface area (Å²) in [6.45, 7) is 6.40. The maximum absolute atomic E-state index is 12.0. The van der Waals surface area contributed by atoms with Gasteiger partial charge < -0.3 is 14.8 Å². The summed E-state index contributed by atoms with van der Waals surface area (Å²) < 4.78 is 10.3. The Morgan fingerprint density at radius 1 is 1.45 bits per heavy atom. The molecule has 1 atom stereocenters. The summed E-state index contributed by atoms with van der Waals surface area (Å²) in [7, 11) is 1.58. The summed E-state index contributed by atoms with van der Waals surface area (Å²) in [5, 5.41) is 3.53. The number of nitrogens with zero attached hydrogens (tertiary/aromatic N) is 1. The summed E-state index contributed by atoms with van der Waals surface area (Å²) in [6, 6.07) is 5.65. The monoisotopic (exact) mass is 326 g/mol. The van der Waals surface area contributed by atoms with Crippen LogP contribution in [-0.2, 0) is 20.8 Å². The Kier molecular flexibility index (Phi) is 6.64. The molecule has 1 heterocycles. The highest BCUT2D eigenvalue weighted by molar-refractivity contribution is 6.31. The molecule has 1 amide bonds. The van der Waals surface area contributed by atoms with Crippen molar-refractivity contribution in [2.24, 2.45) is 5.92 Å². The van der Waals surface area contributed by atoms with Crippen LogP contribution in [0.4, 0.5) is 5.69 Å². The molecule has 0 aliphatic carbocycles. The van der Waals surface area contributed by atoms with E-state index >= 15 is 0 Å². The molecule has 0 aromatic heterocycles. The minimum Gasteiger partial charge on any atom is -0.384 e. The van der Waals surface area contributed by atoms with Gasteiger partial charge in [0.1, 0.15) is 0 Å². The highest BCUT2D eigenvalue weighted by atomic mass is 35.5. The molecule has 1 aliphatic rings. The highest BCUT2D eigenvalue weighted by Crippen LogP contribution is 2.23. The molecule has 1 N–H and O–H groups in total. The quantitative estimate of drug-likeness (QED) is 0.872. The average Bonchev–Trinajstić information content (AvgIpc) is 2.51. The number of halogens is 1. The van der Waals surface area contributed by atoms with Crippen LogP contribution in [0.2, 0.25) is 5.02 Å². The number of anilines is 1. The SMILES string of the molecule is COC[C@@H](C)C(=O)Nc1ccc(CN2CCOCC2)c(Cl)c1. The fraction of sp³-hybridized carbons (Fsp3) is 0.562. The minimum atomic E-state index is -0.197. The van der Waals surface area contributed by atoms with Gasteiger partial charge in [-0.3, -0.25) is 9.69 Å². The molecule has 1 aromatic rings. The van der Waals surface area contributed by atoms with E-state index in [1.807, 2.05) is 19.1 Å². The number of hydrogen-bond donors (Lipinski definition) is 1. The first-order valence-corrected chi connectivity index (χ1v) is 7.86. The standard InChI is InChI=1S/C16H23ClN2O3/c1-12(11-21-2)16(20)18-14-4-3-13(15(17)9-14)10-19-5-7-22-8-6-19/h3-4,9,12H,5-8,10-11H2,1-2H3,(H,18,20)/t12-/m1/s1. The van der Waals surface area contributed by atoms with E-state index in [0.29, 0.717) is 17.3 Å². The lowest BCUT2D eigenvalue weighted by molar-refractivity contribution is -0.120. The number of ether oxygens (including phenoxy) is 2. The molecule has 0 unspecified atom stereocenters. The fourth-order valence-electron chi connectivity index (χ4n) is 2.34. The number of carbonyl (C=O) groups excluding carboxylic acids is 1. The Labute approximate surface area is 136 Å². The summed E-state index contributed by atoms with van der Waals surface area (Å²) in [4.78, 5) is 14.3. The minimum absolute atomic E-state index is 0.0705. The van der Waals surface area contributed by atoms with Crippen molar-refractivity contribution in [3.63, 3.8) is 0 Å². The molecule has 0 radical (unpaired) electrons. The van der Waals surface area contributed by atoms with Gasteiger partial charge >= 0.3 is 0 Å². The van der Waals surface area contributed by atoms with E-state index in [9.17, 15) is 4.79 Å². The normalized spacial score (nSPS) is 17.2. The third-order valence-corrected chi connectivity index (χ3v) is 4.03. The van der Waals surface area contributed by atoms with E-state index in [1.54, 1.807) is 13.2 Å². The summed E-state index contributed by atoms with van der Waals surface area (Å²) >= 11 is 6.34. The smallest absolute Gasteiger partial charge is 0.229 e.